The molecule has 0 aliphatic heterocycles. The number of aryl methyl sites for hydroxylation is 1. The second kappa shape index (κ2) is 7.42. The smallest absolute Gasteiger partial charge is 0.118 e. The van der Waals surface area contributed by atoms with Crippen LogP contribution in [0.1, 0.15) is 24.0 Å². The largest absolute Gasteiger partial charge is 0.497 e. The molecule has 0 aromatic heterocycles. The van der Waals surface area contributed by atoms with E-state index < -0.39 is 0 Å². The van der Waals surface area contributed by atoms with Crippen molar-refractivity contribution in [1.82, 2.24) is 0 Å². The highest BCUT2D eigenvalue weighted by Gasteiger charge is 1.91. The van der Waals surface area contributed by atoms with Crippen molar-refractivity contribution in [3.8, 4) is 5.75 Å². The Morgan fingerprint density at radius 1 is 0.947 bits per heavy atom. The number of allylic oxidation sites excluding steroid dienone is 1. The first-order valence-electron chi connectivity index (χ1n) is 6.73. The zero-order valence-electron chi connectivity index (χ0n) is 11.4. The molecule has 0 aliphatic carbocycles. The van der Waals surface area contributed by atoms with Crippen molar-refractivity contribution in [3.63, 3.8) is 0 Å². The second-order valence-electron chi connectivity index (χ2n) is 4.55. The standard InChI is InChI=1S/C18H20O/c1-19-18-14-12-17(13-15-18)11-7-3-6-10-16-8-4-2-5-9-16/h2,4-5,7-9,11-15H,3,6,10H2,1H3/b11-7-. The van der Waals surface area contributed by atoms with Gasteiger partial charge in [-0.3, -0.25) is 0 Å². The molecule has 0 saturated heterocycles. The highest BCUT2D eigenvalue weighted by atomic mass is 16.5. The zero-order chi connectivity index (χ0) is 13.3. The SMILES string of the molecule is COc1ccc(/C=C\CCCc2ccccc2)cc1. The molecule has 0 unspecified atom stereocenters. The van der Waals surface area contributed by atoms with Crippen molar-refractivity contribution < 1.29 is 4.74 Å². The fourth-order valence-electron chi connectivity index (χ4n) is 2.00. The second-order valence-corrected chi connectivity index (χ2v) is 4.55. The van der Waals surface area contributed by atoms with Crippen LogP contribution in [0.5, 0.6) is 5.75 Å². The van der Waals surface area contributed by atoms with E-state index in [9.17, 15) is 0 Å². The maximum atomic E-state index is 5.14. The van der Waals surface area contributed by atoms with Crippen molar-refractivity contribution in [1.29, 1.82) is 0 Å². The Labute approximate surface area is 115 Å². The van der Waals surface area contributed by atoms with Crippen LogP contribution < -0.4 is 4.74 Å². The van der Waals surface area contributed by atoms with Gasteiger partial charge < -0.3 is 4.74 Å². The van der Waals surface area contributed by atoms with Crippen LogP contribution in [0, 0.1) is 0 Å². The number of methoxy groups -OCH3 is 1. The van der Waals surface area contributed by atoms with Gasteiger partial charge >= 0.3 is 0 Å². The summed E-state index contributed by atoms with van der Waals surface area (Å²) in [5.74, 6) is 0.904. The molecule has 0 spiro atoms. The first-order chi connectivity index (χ1) is 9.38. The number of benzene rings is 2. The summed E-state index contributed by atoms with van der Waals surface area (Å²) in [6, 6.07) is 18.8. The lowest BCUT2D eigenvalue weighted by Crippen LogP contribution is -1.83. The molecule has 0 N–H and O–H groups in total. The lowest BCUT2D eigenvalue weighted by molar-refractivity contribution is 0.415. The van der Waals surface area contributed by atoms with E-state index in [0.717, 1.165) is 18.6 Å². The van der Waals surface area contributed by atoms with Crippen LogP contribution in [0.25, 0.3) is 6.08 Å². The first kappa shape index (κ1) is 13.4. The van der Waals surface area contributed by atoms with Crippen LogP contribution in [-0.2, 0) is 6.42 Å². The van der Waals surface area contributed by atoms with E-state index in [1.807, 2.05) is 12.1 Å². The number of unbranched alkanes of at least 4 members (excludes halogenated alkanes) is 1. The zero-order valence-corrected chi connectivity index (χ0v) is 11.4. The van der Waals surface area contributed by atoms with Gasteiger partial charge in [-0.05, 0) is 42.5 Å². The van der Waals surface area contributed by atoms with Gasteiger partial charge in [0.25, 0.3) is 0 Å². The Morgan fingerprint density at radius 2 is 1.68 bits per heavy atom. The summed E-state index contributed by atoms with van der Waals surface area (Å²) >= 11 is 0. The van der Waals surface area contributed by atoms with Crippen molar-refractivity contribution >= 4 is 6.08 Å². The minimum absolute atomic E-state index is 0.904. The molecule has 1 nitrogen and oxygen atoms in total. The maximum Gasteiger partial charge on any atom is 0.118 e. The summed E-state index contributed by atoms with van der Waals surface area (Å²) in [6.45, 7) is 0. The Hall–Kier alpha value is -2.02. The lowest BCUT2D eigenvalue weighted by atomic mass is 10.1. The van der Waals surface area contributed by atoms with Gasteiger partial charge in [0.15, 0.2) is 0 Å². The predicted molar refractivity (Wildman–Crippen MR) is 81.4 cm³/mol. The predicted octanol–water partition coefficient (Wildman–Crippen LogP) is 4.73. The molecule has 98 valence electrons. The van der Waals surface area contributed by atoms with Crippen molar-refractivity contribution in [3.05, 3.63) is 71.8 Å². The van der Waals surface area contributed by atoms with E-state index in [1.165, 1.54) is 17.5 Å². The molecule has 0 fully saturated rings. The molecule has 19 heavy (non-hydrogen) atoms. The van der Waals surface area contributed by atoms with Crippen LogP contribution in [0.4, 0.5) is 0 Å². The van der Waals surface area contributed by atoms with E-state index in [-0.39, 0.29) is 0 Å². The molecule has 0 radical (unpaired) electrons. The first-order valence-corrected chi connectivity index (χ1v) is 6.73. The van der Waals surface area contributed by atoms with E-state index in [2.05, 4.69) is 54.6 Å². The Morgan fingerprint density at radius 3 is 2.37 bits per heavy atom. The van der Waals surface area contributed by atoms with Crippen LogP contribution in [0.2, 0.25) is 0 Å². The number of hydrogen-bond donors (Lipinski definition) is 0. The van der Waals surface area contributed by atoms with Gasteiger partial charge in [-0.2, -0.15) is 0 Å². The fourth-order valence-corrected chi connectivity index (χ4v) is 2.00. The Kier molecular flexibility index (Phi) is 5.24. The van der Waals surface area contributed by atoms with Crippen molar-refractivity contribution in [2.24, 2.45) is 0 Å². The minimum atomic E-state index is 0.904. The van der Waals surface area contributed by atoms with Crippen LogP contribution >= 0.6 is 0 Å². The molecule has 0 amide bonds. The molecule has 0 atom stereocenters. The molecular weight excluding hydrogens is 232 g/mol. The molecule has 0 aliphatic rings. The Balaban J connectivity index is 1.74. The van der Waals surface area contributed by atoms with Crippen LogP contribution in [0.3, 0.4) is 0 Å². The van der Waals surface area contributed by atoms with Gasteiger partial charge in [-0.25, -0.2) is 0 Å². The highest BCUT2D eigenvalue weighted by molar-refractivity contribution is 5.50. The van der Waals surface area contributed by atoms with E-state index in [0.29, 0.717) is 0 Å². The van der Waals surface area contributed by atoms with E-state index in [1.54, 1.807) is 7.11 Å². The molecule has 0 heterocycles. The summed E-state index contributed by atoms with van der Waals surface area (Å²) in [6.07, 6.45) is 7.86. The third-order valence-electron chi connectivity index (χ3n) is 3.11. The summed E-state index contributed by atoms with van der Waals surface area (Å²) in [4.78, 5) is 0. The molecule has 2 aromatic rings. The van der Waals surface area contributed by atoms with Gasteiger partial charge in [0.2, 0.25) is 0 Å². The third kappa shape index (κ3) is 4.63. The van der Waals surface area contributed by atoms with Gasteiger partial charge in [0.05, 0.1) is 7.11 Å². The summed E-state index contributed by atoms with van der Waals surface area (Å²) in [7, 11) is 1.69. The quantitative estimate of drug-likeness (QED) is 0.675. The summed E-state index contributed by atoms with van der Waals surface area (Å²) < 4.78 is 5.14. The highest BCUT2D eigenvalue weighted by Crippen LogP contribution is 2.13. The van der Waals surface area contributed by atoms with Gasteiger partial charge in [-0.1, -0.05) is 54.6 Å². The van der Waals surface area contributed by atoms with Gasteiger partial charge in [0.1, 0.15) is 5.75 Å². The van der Waals surface area contributed by atoms with Crippen LogP contribution in [0.15, 0.2) is 60.7 Å². The Bertz CT molecular complexity index is 497. The monoisotopic (exact) mass is 252 g/mol. The average molecular weight is 252 g/mol. The molecule has 0 bridgehead atoms. The summed E-state index contributed by atoms with van der Waals surface area (Å²) in [5.41, 5.74) is 2.64. The average Bonchev–Trinajstić information content (AvgIpc) is 2.49. The molecule has 1 heteroatoms. The van der Waals surface area contributed by atoms with E-state index >= 15 is 0 Å². The van der Waals surface area contributed by atoms with Gasteiger partial charge in [-0.15, -0.1) is 0 Å². The number of ether oxygens (including phenoxy) is 1. The topological polar surface area (TPSA) is 9.23 Å². The van der Waals surface area contributed by atoms with Gasteiger partial charge in [0, 0.05) is 0 Å². The third-order valence-corrected chi connectivity index (χ3v) is 3.11. The number of hydrogen-bond acceptors (Lipinski definition) is 1. The van der Waals surface area contributed by atoms with E-state index in [4.69, 9.17) is 4.74 Å². The normalized spacial score (nSPS) is 10.8. The molecular formula is C18H20O. The lowest BCUT2D eigenvalue weighted by Gasteiger charge is -2.00. The van der Waals surface area contributed by atoms with Crippen LogP contribution in [-0.4, -0.2) is 7.11 Å². The molecule has 0 saturated carbocycles. The van der Waals surface area contributed by atoms with Crippen molar-refractivity contribution in [2.45, 2.75) is 19.3 Å². The number of rotatable bonds is 6. The fraction of sp³-hybridized carbons (Fsp3) is 0.222. The molecule has 2 rings (SSSR count). The summed E-state index contributed by atoms with van der Waals surface area (Å²) in [5, 5.41) is 0. The van der Waals surface area contributed by atoms with Crippen molar-refractivity contribution in [2.75, 3.05) is 7.11 Å². The maximum absolute atomic E-state index is 5.14. The molecule has 2 aromatic carbocycles. The minimum Gasteiger partial charge on any atom is -0.497 e.